The predicted octanol–water partition coefficient (Wildman–Crippen LogP) is 1.13. The van der Waals surface area contributed by atoms with Crippen LogP contribution in [0.15, 0.2) is 12.3 Å². The second-order valence-electron chi connectivity index (χ2n) is 1.75. The van der Waals surface area contributed by atoms with Crippen molar-refractivity contribution in [1.82, 2.24) is 4.98 Å². The molecule has 0 unspecified atom stereocenters. The van der Waals surface area contributed by atoms with E-state index in [1.54, 1.807) is 0 Å². The quantitative estimate of drug-likeness (QED) is 0.621. The van der Waals surface area contributed by atoms with Crippen LogP contribution in [0, 0.1) is 0 Å². The van der Waals surface area contributed by atoms with E-state index in [0.717, 1.165) is 0 Å². The highest BCUT2D eigenvalue weighted by Crippen LogP contribution is 2.15. The van der Waals surface area contributed by atoms with Gasteiger partial charge in [-0.3, -0.25) is 4.79 Å². The van der Waals surface area contributed by atoms with Gasteiger partial charge in [0.25, 0.3) is 0 Å². The predicted molar refractivity (Wildman–Crippen MR) is 39.0 cm³/mol. The molecule has 0 aliphatic carbocycles. The van der Waals surface area contributed by atoms with Crippen molar-refractivity contribution in [3.05, 3.63) is 22.8 Å². The number of anilines is 1. The summed E-state index contributed by atoms with van der Waals surface area (Å²) in [4.78, 5) is 13.8. The molecule has 0 radical (unpaired) electrons. The summed E-state index contributed by atoms with van der Waals surface area (Å²) >= 11 is 5.55. The molecule has 1 heterocycles. The number of pyridine rings is 1. The third kappa shape index (κ3) is 1.25. The smallest absolute Gasteiger partial charge is 0.151 e. The minimum atomic E-state index is 0.243. The summed E-state index contributed by atoms with van der Waals surface area (Å²) in [5, 5.41) is 0.310. The number of halogens is 1. The minimum absolute atomic E-state index is 0.243. The number of aromatic nitrogens is 1. The second kappa shape index (κ2) is 2.66. The fraction of sp³-hybridized carbons (Fsp3) is 0. The van der Waals surface area contributed by atoms with Crippen molar-refractivity contribution in [2.24, 2.45) is 0 Å². The van der Waals surface area contributed by atoms with Crippen molar-refractivity contribution >= 4 is 23.7 Å². The standard InChI is InChI=1S/C6H5ClN2O/c7-5-1-4(3-10)2-9-6(5)8/h1-3H,(H2,8,9). The highest BCUT2D eigenvalue weighted by Gasteiger charge is 1.96. The Hall–Kier alpha value is -1.09. The van der Waals surface area contributed by atoms with Crippen LogP contribution in [0.3, 0.4) is 0 Å². The summed E-state index contributed by atoms with van der Waals surface area (Å²) in [7, 11) is 0. The number of carbonyl (C=O) groups is 1. The summed E-state index contributed by atoms with van der Waals surface area (Å²) in [6.07, 6.45) is 2.03. The molecule has 0 aromatic carbocycles. The average molecular weight is 157 g/mol. The molecule has 4 heteroatoms. The van der Waals surface area contributed by atoms with E-state index < -0.39 is 0 Å². The molecule has 1 aromatic rings. The van der Waals surface area contributed by atoms with Gasteiger partial charge in [0.2, 0.25) is 0 Å². The number of rotatable bonds is 1. The van der Waals surface area contributed by atoms with Crippen molar-refractivity contribution < 1.29 is 4.79 Å². The molecule has 0 atom stereocenters. The SMILES string of the molecule is Nc1ncc(C=O)cc1Cl. The normalized spacial score (nSPS) is 9.30. The van der Waals surface area contributed by atoms with E-state index in [2.05, 4.69) is 4.98 Å². The average Bonchev–Trinajstić information content (AvgIpc) is 1.95. The molecule has 2 N–H and O–H groups in total. The molecule has 0 aliphatic heterocycles. The van der Waals surface area contributed by atoms with Crippen LogP contribution in [0.2, 0.25) is 5.02 Å². The Labute approximate surface area is 62.8 Å². The molecule has 0 fully saturated rings. The zero-order chi connectivity index (χ0) is 7.56. The fourth-order valence-electron chi connectivity index (χ4n) is 0.528. The Morgan fingerprint density at radius 3 is 2.90 bits per heavy atom. The van der Waals surface area contributed by atoms with E-state index in [1.165, 1.54) is 12.3 Å². The Kier molecular flexibility index (Phi) is 1.87. The van der Waals surface area contributed by atoms with Gasteiger partial charge in [-0.2, -0.15) is 0 Å². The monoisotopic (exact) mass is 156 g/mol. The van der Waals surface area contributed by atoms with Crippen LogP contribution in [0.25, 0.3) is 0 Å². The molecule has 0 saturated carbocycles. The first kappa shape index (κ1) is 7.02. The lowest BCUT2D eigenvalue weighted by Crippen LogP contribution is -1.92. The van der Waals surface area contributed by atoms with Crippen molar-refractivity contribution in [3.8, 4) is 0 Å². The maximum absolute atomic E-state index is 10.1. The first-order valence-electron chi connectivity index (χ1n) is 2.60. The van der Waals surface area contributed by atoms with Crippen LogP contribution in [-0.4, -0.2) is 11.3 Å². The van der Waals surface area contributed by atoms with Crippen molar-refractivity contribution in [3.63, 3.8) is 0 Å². The van der Waals surface area contributed by atoms with Gasteiger partial charge in [-0.25, -0.2) is 4.98 Å². The molecular formula is C6H5ClN2O. The summed E-state index contributed by atoms with van der Waals surface area (Å²) in [6, 6.07) is 1.47. The number of nitrogens with zero attached hydrogens (tertiary/aromatic N) is 1. The first-order chi connectivity index (χ1) is 4.74. The third-order valence-electron chi connectivity index (χ3n) is 1.03. The molecule has 10 heavy (non-hydrogen) atoms. The van der Waals surface area contributed by atoms with Crippen LogP contribution in [0.5, 0.6) is 0 Å². The number of hydrogen-bond donors (Lipinski definition) is 1. The van der Waals surface area contributed by atoms with Gasteiger partial charge in [0.05, 0.1) is 5.02 Å². The highest BCUT2D eigenvalue weighted by molar-refractivity contribution is 6.32. The molecule has 3 nitrogen and oxygen atoms in total. The number of hydrogen-bond acceptors (Lipinski definition) is 3. The second-order valence-corrected chi connectivity index (χ2v) is 2.16. The van der Waals surface area contributed by atoms with E-state index in [4.69, 9.17) is 17.3 Å². The number of carbonyl (C=O) groups excluding carboxylic acids is 1. The molecule has 0 spiro atoms. The molecule has 0 saturated heterocycles. The van der Waals surface area contributed by atoms with Crippen LogP contribution < -0.4 is 5.73 Å². The fourth-order valence-corrected chi connectivity index (χ4v) is 0.703. The maximum Gasteiger partial charge on any atom is 0.151 e. The molecule has 1 aromatic heterocycles. The molecule has 0 aliphatic rings. The van der Waals surface area contributed by atoms with E-state index in [9.17, 15) is 4.79 Å². The summed E-state index contributed by atoms with van der Waals surface area (Å²) in [5.41, 5.74) is 5.71. The zero-order valence-corrected chi connectivity index (χ0v) is 5.80. The van der Waals surface area contributed by atoms with Gasteiger partial charge in [-0.1, -0.05) is 11.6 Å². The van der Waals surface area contributed by atoms with Gasteiger partial charge in [-0.15, -0.1) is 0 Å². The van der Waals surface area contributed by atoms with Crippen molar-refractivity contribution in [2.45, 2.75) is 0 Å². The van der Waals surface area contributed by atoms with Crippen LogP contribution in [-0.2, 0) is 0 Å². The van der Waals surface area contributed by atoms with Crippen molar-refractivity contribution in [1.29, 1.82) is 0 Å². The van der Waals surface area contributed by atoms with Gasteiger partial charge >= 0.3 is 0 Å². The summed E-state index contributed by atoms with van der Waals surface area (Å²) < 4.78 is 0. The Balaban J connectivity index is 3.16. The molecule has 1 rings (SSSR count). The van der Waals surface area contributed by atoms with Crippen molar-refractivity contribution in [2.75, 3.05) is 5.73 Å². The minimum Gasteiger partial charge on any atom is -0.382 e. The largest absolute Gasteiger partial charge is 0.382 e. The van der Waals surface area contributed by atoms with Gasteiger partial charge < -0.3 is 5.73 Å². The molecule has 0 bridgehead atoms. The van der Waals surface area contributed by atoms with Crippen LogP contribution >= 0.6 is 11.6 Å². The number of nitrogen functional groups attached to an aromatic ring is 1. The highest BCUT2D eigenvalue weighted by atomic mass is 35.5. The van der Waals surface area contributed by atoms with Crippen LogP contribution in [0.1, 0.15) is 10.4 Å². The first-order valence-corrected chi connectivity index (χ1v) is 2.98. The van der Waals surface area contributed by atoms with Gasteiger partial charge in [-0.05, 0) is 6.07 Å². The van der Waals surface area contributed by atoms with Gasteiger partial charge in [0.15, 0.2) is 6.29 Å². The van der Waals surface area contributed by atoms with Gasteiger partial charge in [0, 0.05) is 11.8 Å². The summed E-state index contributed by atoms with van der Waals surface area (Å²) in [5.74, 6) is 0.243. The lowest BCUT2D eigenvalue weighted by atomic mass is 10.3. The topological polar surface area (TPSA) is 56.0 Å². The Morgan fingerprint density at radius 2 is 2.40 bits per heavy atom. The van der Waals surface area contributed by atoms with E-state index >= 15 is 0 Å². The Morgan fingerprint density at radius 1 is 1.70 bits per heavy atom. The number of aldehydes is 1. The maximum atomic E-state index is 10.1. The third-order valence-corrected chi connectivity index (χ3v) is 1.33. The molecule has 0 amide bonds. The van der Waals surface area contributed by atoms with Crippen LogP contribution in [0.4, 0.5) is 5.82 Å². The summed E-state index contributed by atoms with van der Waals surface area (Å²) in [6.45, 7) is 0. The van der Waals surface area contributed by atoms with E-state index in [1.807, 2.05) is 0 Å². The lowest BCUT2D eigenvalue weighted by Gasteiger charge is -1.94. The molecule has 52 valence electrons. The molecular weight excluding hydrogens is 152 g/mol. The van der Waals surface area contributed by atoms with E-state index in [-0.39, 0.29) is 5.82 Å². The lowest BCUT2D eigenvalue weighted by molar-refractivity contribution is 0.112. The zero-order valence-electron chi connectivity index (χ0n) is 5.04. The number of nitrogens with two attached hydrogens (primary N) is 1. The van der Waals surface area contributed by atoms with Gasteiger partial charge in [0.1, 0.15) is 5.82 Å². The van der Waals surface area contributed by atoms with E-state index in [0.29, 0.717) is 16.9 Å². The Bertz CT molecular complexity index is 262.